The van der Waals surface area contributed by atoms with E-state index in [2.05, 4.69) is 35.7 Å². The summed E-state index contributed by atoms with van der Waals surface area (Å²) in [4.78, 5) is 29.4. The van der Waals surface area contributed by atoms with Crippen molar-refractivity contribution in [2.45, 2.75) is 69.6 Å². The number of aliphatic hydroxyl groups excluding tert-OH is 1. The Hall–Kier alpha value is -3.62. The van der Waals surface area contributed by atoms with Gasteiger partial charge in [-0.3, -0.25) is 9.59 Å². The standard InChI is InChI=1S/C23H25F4N7O4/c1-11-18(33-38-32-11)21(37)31-19(12-2-4-22(24,25)5-3-12)15-10-34-16(29-15)6-13(9-28-34)20(36)30-17(35)7-14-8-23(14,26)27/h6,9-10,12,14,19-20,36H,2-5,7-8H2,1H3,(H,30,35)(H,31,37)/t14-,19-,20+/m0/s1. The molecule has 2 fully saturated rings. The fraction of sp³-hybridized carbons (Fsp3) is 0.565. The van der Waals surface area contributed by atoms with E-state index >= 15 is 0 Å². The maximum absolute atomic E-state index is 13.8. The molecule has 3 aromatic heterocycles. The lowest BCUT2D eigenvalue weighted by molar-refractivity contribution is -0.125. The number of imidazole rings is 1. The minimum absolute atomic E-state index is 0.0388. The van der Waals surface area contributed by atoms with E-state index in [4.69, 9.17) is 0 Å². The van der Waals surface area contributed by atoms with Crippen molar-refractivity contribution in [2.75, 3.05) is 0 Å². The highest BCUT2D eigenvalue weighted by atomic mass is 19.3. The number of hydrogen-bond donors (Lipinski definition) is 3. The van der Waals surface area contributed by atoms with Gasteiger partial charge in [-0.1, -0.05) is 5.16 Å². The number of carbonyl (C=O) groups is 2. The molecule has 0 aromatic carbocycles. The molecule has 15 heteroatoms. The van der Waals surface area contributed by atoms with E-state index < -0.39 is 48.3 Å². The number of amides is 2. The zero-order chi connectivity index (χ0) is 27.2. The molecule has 11 nitrogen and oxygen atoms in total. The highest BCUT2D eigenvalue weighted by Gasteiger charge is 2.57. The molecule has 0 aliphatic heterocycles. The molecule has 3 atom stereocenters. The van der Waals surface area contributed by atoms with Crippen LogP contribution in [0.15, 0.2) is 23.1 Å². The van der Waals surface area contributed by atoms with Crippen molar-refractivity contribution >= 4 is 17.5 Å². The van der Waals surface area contributed by atoms with Gasteiger partial charge >= 0.3 is 0 Å². The quantitative estimate of drug-likeness (QED) is 0.293. The van der Waals surface area contributed by atoms with E-state index in [9.17, 15) is 32.3 Å². The summed E-state index contributed by atoms with van der Waals surface area (Å²) in [6, 6.07) is 0.678. The summed E-state index contributed by atoms with van der Waals surface area (Å²) in [7, 11) is 0. The van der Waals surface area contributed by atoms with Crippen molar-refractivity contribution in [3.63, 3.8) is 0 Å². The molecule has 0 radical (unpaired) electrons. The summed E-state index contributed by atoms with van der Waals surface area (Å²) in [6.07, 6.45) is 0.160. The third-order valence-corrected chi connectivity index (χ3v) is 7.07. The van der Waals surface area contributed by atoms with Gasteiger partial charge in [-0.2, -0.15) is 5.10 Å². The van der Waals surface area contributed by atoms with Gasteiger partial charge in [-0.25, -0.2) is 31.7 Å². The van der Waals surface area contributed by atoms with Gasteiger partial charge in [0.15, 0.2) is 17.6 Å². The average Bonchev–Trinajstić information content (AvgIpc) is 3.19. The van der Waals surface area contributed by atoms with E-state index in [-0.39, 0.29) is 60.6 Å². The lowest BCUT2D eigenvalue weighted by atomic mass is 9.81. The zero-order valence-electron chi connectivity index (χ0n) is 20.2. The number of aryl methyl sites for hydroxylation is 1. The number of carbonyl (C=O) groups excluding carboxylic acids is 2. The Morgan fingerprint density at radius 2 is 1.92 bits per heavy atom. The van der Waals surface area contributed by atoms with Crippen LogP contribution in [-0.2, 0) is 4.79 Å². The van der Waals surface area contributed by atoms with Gasteiger partial charge in [-0.15, -0.1) is 0 Å². The number of rotatable bonds is 8. The van der Waals surface area contributed by atoms with Crippen LogP contribution in [0.5, 0.6) is 0 Å². The number of alkyl halides is 4. The molecule has 204 valence electrons. The summed E-state index contributed by atoms with van der Waals surface area (Å²) < 4.78 is 59.8. The number of aromatic nitrogens is 5. The molecule has 2 saturated carbocycles. The van der Waals surface area contributed by atoms with Crippen LogP contribution in [0, 0.1) is 18.8 Å². The molecule has 3 N–H and O–H groups in total. The first-order chi connectivity index (χ1) is 17.9. The van der Waals surface area contributed by atoms with Crippen molar-refractivity contribution in [2.24, 2.45) is 11.8 Å². The van der Waals surface area contributed by atoms with Crippen LogP contribution in [-0.4, -0.2) is 53.7 Å². The van der Waals surface area contributed by atoms with Gasteiger partial charge in [-0.05, 0) is 36.9 Å². The Balaban J connectivity index is 1.35. The Bertz CT molecular complexity index is 1350. The molecule has 0 bridgehead atoms. The third-order valence-electron chi connectivity index (χ3n) is 7.07. The normalized spacial score (nSPS) is 22.1. The van der Waals surface area contributed by atoms with E-state index in [1.54, 1.807) is 0 Å². The SMILES string of the molecule is Cc1nonc1C(=O)N[C@H](c1cn2ncc([C@@H](O)NC(=O)C[C@H]3CC3(F)F)cc2n1)C1CCC(F)(F)CC1. The molecule has 38 heavy (non-hydrogen) atoms. The maximum Gasteiger partial charge on any atom is 0.276 e. The molecular weight excluding hydrogens is 514 g/mol. The van der Waals surface area contributed by atoms with Gasteiger partial charge in [0.05, 0.1) is 24.1 Å². The van der Waals surface area contributed by atoms with Gasteiger partial charge in [0.2, 0.25) is 11.8 Å². The van der Waals surface area contributed by atoms with Gasteiger partial charge in [0, 0.05) is 37.2 Å². The van der Waals surface area contributed by atoms with Crippen molar-refractivity contribution in [1.82, 2.24) is 35.5 Å². The van der Waals surface area contributed by atoms with E-state index in [1.807, 2.05) is 0 Å². The smallest absolute Gasteiger partial charge is 0.276 e. The zero-order valence-corrected chi connectivity index (χ0v) is 20.2. The predicted molar refractivity (Wildman–Crippen MR) is 120 cm³/mol. The van der Waals surface area contributed by atoms with Gasteiger partial charge in [0.25, 0.3) is 11.8 Å². The fourth-order valence-electron chi connectivity index (χ4n) is 4.70. The van der Waals surface area contributed by atoms with Crippen LogP contribution in [0.4, 0.5) is 17.6 Å². The molecule has 2 aliphatic carbocycles. The first-order valence-corrected chi connectivity index (χ1v) is 12.1. The van der Waals surface area contributed by atoms with Crippen LogP contribution < -0.4 is 10.6 Å². The Kier molecular flexibility index (Phi) is 6.57. The van der Waals surface area contributed by atoms with Crippen LogP contribution >= 0.6 is 0 Å². The van der Waals surface area contributed by atoms with Gasteiger partial charge in [0.1, 0.15) is 5.69 Å². The summed E-state index contributed by atoms with van der Waals surface area (Å²) in [5.41, 5.74) is 0.982. The maximum atomic E-state index is 13.8. The van der Waals surface area contributed by atoms with Crippen LogP contribution in [0.1, 0.15) is 78.2 Å². The van der Waals surface area contributed by atoms with E-state index in [0.717, 1.165) is 0 Å². The summed E-state index contributed by atoms with van der Waals surface area (Å²) in [5.74, 6) is -8.34. The minimum atomic E-state index is -2.85. The van der Waals surface area contributed by atoms with Crippen molar-refractivity contribution in [3.8, 4) is 0 Å². The molecule has 3 aromatic rings. The van der Waals surface area contributed by atoms with Crippen molar-refractivity contribution in [1.29, 1.82) is 0 Å². The number of fused-ring (bicyclic) bond motifs is 1. The highest BCUT2D eigenvalue weighted by molar-refractivity contribution is 5.93. The number of hydrogen-bond acceptors (Lipinski definition) is 8. The van der Waals surface area contributed by atoms with Crippen molar-refractivity contribution < 1.29 is 36.9 Å². The lowest BCUT2D eigenvalue weighted by Crippen LogP contribution is -2.37. The van der Waals surface area contributed by atoms with Crippen molar-refractivity contribution in [3.05, 3.63) is 41.1 Å². The monoisotopic (exact) mass is 539 g/mol. The molecule has 0 unspecified atom stereocenters. The first-order valence-electron chi connectivity index (χ1n) is 12.1. The molecule has 0 saturated heterocycles. The summed E-state index contributed by atoms with van der Waals surface area (Å²) in [5, 5.41) is 26.8. The molecule has 2 aliphatic rings. The highest BCUT2D eigenvalue weighted by Crippen LogP contribution is 2.50. The molecule has 5 rings (SSSR count). The van der Waals surface area contributed by atoms with Gasteiger partial charge < -0.3 is 15.7 Å². The van der Waals surface area contributed by atoms with E-state index in [1.165, 1.54) is 29.9 Å². The molecule has 2 amide bonds. The lowest BCUT2D eigenvalue weighted by Gasteiger charge is -2.33. The molecule has 3 heterocycles. The van der Waals surface area contributed by atoms with Crippen LogP contribution in [0.25, 0.3) is 5.65 Å². The number of halogens is 4. The van der Waals surface area contributed by atoms with Crippen LogP contribution in [0.2, 0.25) is 0 Å². The fourth-order valence-corrected chi connectivity index (χ4v) is 4.70. The second-order valence-corrected chi connectivity index (χ2v) is 9.94. The Labute approximate surface area is 212 Å². The topological polar surface area (TPSA) is 148 Å². The number of nitrogens with zero attached hydrogens (tertiary/aromatic N) is 5. The third kappa shape index (κ3) is 5.47. The Morgan fingerprint density at radius 3 is 2.55 bits per heavy atom. The average molecular weight is 539 g/mol. The molecule has 0 spiro atoms. The predicted octanol–water partition coefficient (Wildman–Crippen LogP) is 2.87. The second kappa shape index (κ2) is 9.60. The number of nitrogens with one attached hydrogen (secondary N) is 2. The summed E-state index contributed by atoms with van der Waals surface area (Å²) >= 11 is 0. The Morgan fingerprint density at radius 1 is 1.21 bits per heavy atom. The molecular formula is C23H25F4N7O4. The van der Waals surface area contributed by atoms with Crippen LogP contribution in [0.3, 0.4) is 0 Å². The number of aliphatic hydroxyl groups is 1. The second-order valence-electron chi connectivity index (χ2n) is 9.94. The summed E-state index contributed by atoms with van der Waals surface area (Å²) in [6.45, 7) is 1.54. The van der Waals surface area contributed by atoms with E-state index in [0.29, 0.717) is 5.69 Å². The largest absolute Gasteiger partial charge is 0.369 e. The minimum Gasteiger partial charge on any atom is -0.369 e. The first kappa shape index (κ1) is 26.0.